The monoisotopic (exact) mass is 370 g/mol. The average molecular weight is 371 g/mol. The Labute approximate surface area is 145 Å². The van der Waals surface area contributed by atoms with Gasteiger partial charge in [0.15, 0.2) is 0 Å². The van der Waals surface area contributed by atoms with Crippen molar-refractivity contribution in [1.82, 2.24) is 4.98 Å². The highest BCUT2D eigenvalue weighted by molar-refractivity contribution is 6.30. The minimum atomic E-state index is -1.21. The summed E-state index contributed by atoms with van der Waals surface area (Å²) >= 11 is 5.71. The third kappa shape index (κ3) is 5.35. The van der Waals surface area contributed by atoms with Gasteiger partial charge in [0.05, 0.1) is 26.9 Å². The molecule has 0 saturated heterocycles. The van der Waals surface area contributed by atoms with E-state index in [0.717, 1.165) is 16.4 Å². The maximum absolute atomic E-state index is 10.4. The summed E-state index contributed by atoms with van der Waals surface area (Å²) in [7, 11) is 0. The second-order valence-electron chi connectivity index (χ2n) is 4.67. The van der Waals surface area contributed by atoms with Crippen LogP contribution in [0.25, 0.3) is 0 Å². The molecule has 0 bridgehead atoms. The molecule has 0 aliphatic heterocycles. The summed E-state index contributed by atoms with van der Waals surface area (Å²) in [5.74, 6) is -1.21. The summed E-state index contributed by atoms with van der Waals surface area (Å²) in [6.45, 7) is 3.86. The van der Waals surface area contributed by atoms with Crippen molar-refractivity contribution in [3.8, 4) is 5.75 Å². The fourth-order valence-corrected chi connectivity index (χ4v) is 2.07. The second-order valence-corrected chi connectivity index (χ2v) is 5.11. The fraction of sp³-hybridized carbons (Fsp3) is 0.154. The quantitative estimate of drug-likeness (QED) is 0.633. The molecule has 132 valence electrons. The Morgan fingerprint density at radius 2 is 1.28 bits per heavy atom. The summed E-state index contributed by atoms with van der Waals surface area (Å²) in [5, 5.41) is 41.0. The number of nitro benzene ring substituents is 3. The van der Waals surface area contributed by atoms with Crippen molar-refractivity contribution in [2.45, 2.75) is 13.8 Å². The lowest BCUT2D eigenvalue weighted by molar-refractivity contribution is -0.404. The van der Waals surface area contributed by atoms with E-state index in [1.165, 1.54) is 0 Å². The molecule has 2 rings (SSSR count). The molecule has 0 spiro atoms. The molecule has 12 heteroatoms. The zero-order valence-corrected chi connectivity index (χ0v) is 13.6. The van der Waals surface area contributed by atoms with Crippen LogP contribution in [0.1, 0.15) is 11.4 Å². The summed E-state index contributed by atoms with van der Waals surface area (Å²) in [4.78, 5) is 31.9. The number of halogens is 1. The number of hydrogen-bond acceptors (Lipinski definition) is 8. The molecule has 0 saturated carbocycles. The summed E-state index contributed by atoms with van der Waals surface area (Å²) in [6, 6.07) is 4.58. The normalized spacial score (nSPS) is 9.72. The molecule has 11 nitrogen and oxygen atoms in total. The Hall–Kier alpha value is -3.34. The van der Waals surface area contributed by atoms with Gasteiger partial charge in [-0.25, -0.2) is 0 Å². The standard InChI is InChI=1S/C7H8ClN.C6H3N3O7/c1-5-3-7(8)4-6(2)9-5;10-6-4(8(13)14)1-3(7(11)12)2-5(6)9(15)16/h3-4H,1-2H3;1-2,10H. The third-order valence-corrected chi connectivity index (χ3v) is 2.92. The lowest BCUT2D eigenvalue weighted by Gasteiger charge is -1.97. The first-order valence-corrected chi connectivity index (χ1v) is 6.81. The summed E-state index contributed by atoms with van der Waals surface area (Å²) < 4.78 is 0. The maximum Gasteiger partial charge on any atom is 0.324 e. The van der Waals surface area contributed by atoms with Crippen molar-refractivity contribution in [2.24, 2.45) is 0 Å². The number of aromatic hydroxyl groups is 1. The van der Waals surface area contributed by atoms with Crippen LogP contribution in [0.5, 0.6) is 5.75 Å². The molecule has 1 aromatic heterocycles. The molecule has 1 aromatic carbocycles. The topological polar surface area (TPSA) is 163 Å². The summed E-state index contributed by atoms with van der Waals surface area (Å²) in [5.41, 5.74) is -1.06. The van der Waals surface area contributed by atoms with Gasteiger partial charge in [-0.3, -0.25) is 35.3 Å². The van der Waals surface area contributed by atoms with Crippen molar-refractivity contribution >= 4 is 28.7 Å². The van der Waals surface area contributed by atoms with E-state index >= 15 is 0 Å². The molecule has 2 aromatic rings. The van der Waals surface area contributed by atoms with Gasteiger partial charge < -0.3 is 5.11 Å². The van der Waals surface area contributed by atoms with Gasteiger partial charge >= 0.3 is 11.4 Å². The van der Waals surface area contributed by atoms with E-state index < -0.39 is 37.6 Å². The van der Waals surface area contributed by atoms with E-state index in [1.54, 1.807) is 0 Å². The van der Waals surface area contributed by atoms with Gasteiger partial charge in [0.2, 0.25) is 0 Å². The molecule has 0 radical (unpaired) electrons. The van der Waals surface area contributed by atoms with Crippen LogP contribution >= 0.6 is 11.6 Å². The number of phenolic OH excluding ortho intramolecular Hbond substituents is 1. The largest absolute Gasteiger partial charge is 0.497 e. The molecule has 1 N–H and O–H groups in total. The van der Waals surface area contributed by atoms with Crippen molar-refractivity contribution in [3.63, 3.8) is 0 Å². The number of non-ortho nitro benzene ring substituents is 1. The molecule has 1 heterocycles. The van der Waals surface area contributed by atoms with E-state index in [2.05, 4.69) is 4.98 Å². The van der Waals surface area contributed by atoms with Crippen LogP contribution < -0.4 is 0 Å². The van der Waals surface area contributed by atoms with Gasteiger partial charge in [-0.1, -0.05) is 11.6 Å². The van der Waals surface area contributed by atoms with Crippen LogP contribution in [-0.4, -0.2) is 24.9 Å². The minimum absolute atomic E-state index is 0.447. The maximum atomic E-state index is 10.4. The van der Waals surface area contributed by atoms with Crippen LogP contribution in [0.4, 0.5) is 17.1 Å². The predicted molar refractivity (Wildman–Crippen MR) is 86.8 cm³/mol. The Balaban J connectivity index is 0.000000293. The van der Waals surface area contributed by atoms with Crippen LogP contribution in [0, 0.1) is 44.2 Å². The lowest BCUT2D eigenvalue weighted by atomic mass is 10.2. The van der Waals surface area contributed by atoms with E-state index in [9.17, 15) is 30.3 Å². The zero-order valence-electron chi connectivity index (χ0n) is 12.9. The van der Waals surface area contributed by atoms with E-state index in [0.29, 0.717) is 12.1 Å². The molecule has 25 heavy (non-hydrogen) atoms. The Morgan fingerprint density at radius 3 is 1.56 bits per heavy atom. The number of nitro groups is 3. The summed E-state index contributed by atoms with van der Waals surface area (Å²) in [6.07, 6.45) is 0. The highest BCUT2D eigenvalue weighted by Gasteiger charge is 2.30. The number of nitrogens with zero attached hydrogens (tertiary/aromatic N) is 4. The lowest BCUT2D eigenvalue weighted by Crippen LogP contribution is -1.97. The number of benzene rings is 1. The fourth-order valence-electron chi connectivity index (χ4n) is 1.76. The molecule has 0 aliphatic rings. The molecular formula is C13H11ClN4O7. The van der Waals surface area contributed by atoms with E-state index in [-0.39, 0.29) is 0 Å². The SMILES string of the molecule is Cc1cc(Cl)cc(C)n1.O=[N+]([O-])c1cc([N+](=O)[O-])c(O)c([N+](=O)[O-])c1. The van der Waals surface area contributed by atoms with Gasteiger partial charge in [-0.05, 0) is 26.0 Å². The Morgan fingerprint density at radius 1 is 0.880 bits per heavy atom. The van der Waals surface area contributed by atoms with Gasteiger partial charge in [-0.2, -0.15) is 0 Å². The van der Waals surface area contributed by atoms with Gasteiger partial charge in [0, 0.05) is 16.4 Å². The molecule has 0 aliphatic carbocycles. The van der Waals surface area contributed by atoms with Crippen LogP contribution in [-0.2, 0) is 0 Å². The minimum Gasteiger partial charge on any atom is -0.497 e. The number of hydrogen-bond donors (Lipinski definition) is 1. The predicted octanol–water partition coefficient (Wildman–Crippen LogP) is 3.47. The third-order valence-electron chi connectivity index (χ3n) is 2.70. The van der Waals surface area contributed by atoms with E-state index in [1.807, 2.05) is 26.0 Å². The van der Waals surface area contributed by atoms with Crippen molar-refractivity contribution in [1.29, 1.82) is 0 Å². The van der Waals surface area contributed by atoms with Gasteiger partial charge in [0.1, 0.15) is 0 Å². The zero-order chi connectivity index (χ0) is 19.3. The molecular weight excluding hydrogens is 360 g/mol. The van der Waals surface area contributed by atoms with Gasteiger partial charge in [0.25, 0.3) is 11.4 Å². The molecule has 0 unspecified atom stereocenters. The highest BCUT2D eigenvalue weighted by atomic mass is 35.5. The van der Waals surface area contributed by atoms with E-state index in [4.69, 9.17) is 16.7 Å². The van der Waals surface area contributed by atoms with Gasteiger partial charge in [-0.15, -0.1) is 0 Å². The first kappa shape index (κ1) is 19.7. The molecule has 0 amide bonds. The number of phenols is 1. The number of aryl methyl sites for hydroxylation is 2. The molecule has 0 fully saturated rings. The smallest absolute Gasteiger partial charge is 0.324 e. The van der Waals surface area contributed by atoms with Crippen LogP contribution in [0.2, 0.25) is 5.02 Å². The first-order valence-electron chi connectivity index (χ1n) is 6.44. The molecule has 0 atom stereocenters. The van der Waals surface area contributed by atoms with Crippen LogP contribution in [0.3, 0.4) is 0 Å². The Bertz CT molecular complexity index is 771. The number of rotatable bonds is 3. The number of pyridine rings is 1. The first-order chi connectivity index (χ1) is 11.5. The average Bonchev–Trinajstić information content (AvgIpc) is 2.45. The van der Waals surface area contributed by atoms with Crippen molar-refractivity contribution in [3.05, 3.63) is 71.0 Å². The highest BCUT2D eigenvalue weighted by Crippen LogP contribution is 2.38. The van der Waals surface area contributed by atoms with Crippen molar-refractivity contribution < 1.29 is 19.9 Å². The van der Waals surface area contributed by atoms with Crippen LogP contribution in [0.15, 0.2) is 24.3 Å². The number of aromatic nitrogens is 1. The van der Waals surface area contributed by atoms with Crippen molar-refractivity contribution in [2.75, 3.05) is 0 Å². The second kappa shape index (κ2) is 7.97. The Kier molecular flexibility index (Phi) is 6.28.